The first-order valence-corrected chi connectivity index (χ1v) is 8.25. The lowest BCUT2D eigenvalue weighted by Crippen LogP contribution is -2.51. The van der Waals surface area contributed by atoms with Crippen molar-refractivity contribution in [2.24, 2.45) is 0 Å². The first-order valence-electron chi connectivity index (χ1n) is 7.37. The Morgan fingerprint density at radius 3 is 2.71 bits per heavy atom. The number of hydrogen-bond acceptors (Lipinski definition) is 6. The maximum atomic E-state index is 5.26. The Balaban J connectivity index is 1.66. The molecule has 0 aromatic carbocycles. The molecule has 2 aromatic rings. The van der Waals surface area contributed by atoms with E-state index in [9.17, 15) is 0 Å². The van der Waals surface area contributed by atoms with Crippen molar-refractivity contribution in [1.82, 2.24) is 15.0 Å². The summed E-state index contributed by atoms with van der Waals surface area (Å²) in [5.74, 6) is 0.943. The lowest BCUT2D eigenvalue weighted by Gasteiger charge is -2.39. The molecule has 21 heavy (non-hydrogen) atoms. The van der Waals surface area contributed by atoms with Crippen molar-refractivity contribution in [3.8, 4) is 0 Å². The maximum Gasteiger partial charge on any atom is 0.185 e. The van der Waals surface area contributed by atoms with E-state index >= 15 is 0 Å². The van der Waals surface area contributed by atoms with Crippen molar-refractivity contribution in [2.45, 2.75) is 40.3 Å². The van der Waals surface area contributed by atoms with Crippen LogP contribution in [-0.2, 0) is 6.54 Å². The van der Waals surface area contributed by atoms with E-state index in [1.807, 2.05) is 13.8 Å². The third-order valence-electron chi connectivity index (χ3n) is 4.13. The minimum atomic E-state index is 0.477. The molecule has 1 atom stereocenters. The summed E-state index contributed by atoms with van der Waals surface area (Å²) in [5.41, 5.74) is 3.36. The minimum Gasteiger partial charge on any atom is -0.361 e. The highest BCUT2D eigenvalue weighted by atomic mass is 32.1. The van der Waals surface area contributed by atoms with E-state index in [2.05, 4.69) is 39.2 Å². The molecule has 0 bridgehead atoms. The number of piperazine rings is 1. The van der Waals surface area contributed by atoms with Gasteiger partial charge in [0.2, 0.25) is 0 Å². The predicted molar refractivity (Wildman–Crippen MR) is 84.9 cm³/mol. The zero-order valence-corrected chi connectivity index (χ0v) is 13.9. The molecule has 114 valence electrons. The second-order valence-corrected chi connectivity index (χ2v) is 6.69. The van der Waals surface area contributed by atoms with E-state index in [1.165, 1.54) is 5.56 Å². The van der Waals surface area contributed by atoms with E-state index in [0.717, 1.165) is 48.5 Å². The van der Waals surface area contributed by atoms with Crippen molar-refractivity contribution in [3.05, 3.63) is 28.1 Å². The van der Waals surface area contributed by atoms with Crippen LogP contribution < -0.4 is 4.90 Å². The zero-order valence-electron chi connectivity index (χ0n) is 13.1. The van der Waals surface area contributed by atoms with Gasteiger partial charge in [-0.05, 0) is 27.7 Å². The fourth-order valence-electron chi connectivity index (χ4n) is 2.89. The van der Waals surface area contributed by atoms with Gasteiger partial charge in [0.25, 0.3) is 0 Å². The summed E-state index contributed by atoms with van der Waals surface area (Å²) in [4.78, 5) is 9.51. The number of anilines is 1. The van der Waals surface area contributed by atoms with Gasteiger partial charge in [0.05, 0.1) is 11.4 Å². The summed E-state index contributed by atoms with van der Waals surface area (Å²) in [5, 5.41) is 7.32. The van der Waals surface area contributed by atoms with Crippen LogP contribution in [0.4, 0.5) is 5.13 Å². The Hall–Kier alpha value is -1.40. The number of thiazole rings is 1. The van der Waals surface area contributed by atoms with Crippen LogP contribution in [0.3, 0.4) is 0 Å². The van der Waals surface area contributed by atoms with Crippen molar-refractivity contribution >= 4 is 16.5 Å². The second kappa shape index (κ2) is 5.77. The fourth-order valence-corrected chi connectivity index (χ4v) is 3.82. The summed E-state index contributed by atoms with van der Waals surface area (Å²) in [6.45, 7) is 12.4. The van der Waals surface area contributed by atoms with E-state index in [4.69, 9.17) is 4.52 Å². The molecule has 0 amide bonds. The number of nitrogens with zero attached hydrogens (tertiary/aromatic N) is 4. The summed E-state index contributed by atoms with van der Waals surface area (Å²) in [6.07, 6.45) is 0. The average Bonchev–Trinajstić information content (AvgIpc) is 3.00. The van der Waals surface area contributed by atoms with Gasteiger partial charge in [0.15, 0.2) is 5.13 Å². The Morgan fingerprint density at radius 2 is 2.14 bits per heavy atom. The molecule has 0 N–H and O–H groups in total. The molecule has 0 spiro atoms. The van der Waals surface area contributed by atoms with Crippen molar-refractivity contribution in [1.29, 1.82) is 0 Å². The summed E-state index contributed by atoms with van der Waals surface area (Å²) < 4.78 is 5.26. The zero-order chi connectivity index (χ0) is 15.0. The molecule has 3 heterocycles. The third kappa shape index (κ3) is 2.96. The fraction of sp³-hybridized carbons (Fsp3) is 0.600. The van der Waals surface area contributed by atoms with Crippen LogP contribution in [-0.4, -0.2) is 40.7 Å². The van der Waals surface area contributed by atoms with E-state index < -0.39 is 0 Å². The van der Waals surface area contributed by atoms with Gasteiger partial charge < -0.3 is 9.42 Å². The summed E-state index contributed by atoms with van der Waals surface area (Å²) >= 11 is 1.74. The first-order chi connectivity index (χ1) is 10.0. The van der Waals surface area contributed by atoms with Crippen LogP contribution in [0.25, 0.3) is 0 Å². The van der Waals surface area contributed by atoms with Gasteiger partial charge in [-0.2, -0.15) is 0 Å². The van der Waals surface area contributed by atoms with Crippen LogP contribution >= 0.6 is 11.3 Å². The molecule has 5 nitrogen and oxygen atoms in total. The van der Waals surface area contributed by atoms with Crippen LogP contribution in [0.5, 0.6) is 0 Å². The van der Waals surface area contributed by atoms with Crippen molar-refractivity contribution in [2.75, 3.05) is 24.5 Å². The number of hydrogen-bond donors (Lipinski definition) is 0. The van der Waals surface area contributed by atoms with Crippen LogP contribution in [0.2, 0.25) is 0 Å². The molecular weight excluding hydrogens is 284 g/mol. The largest absolute Gasteiger partial charge is 0.361 e. The van der Waals surface area contributed by atoms with Gasteiger partial charge >= 0.3 is 0 Å². The van der Waals surface area contributed by atoms with Gasteiger partial charge in [-0.15, -0.1) is 11.3 Å². The van der Waals surface area contributed by atoms with Crippen LogP contribution in [0, 0.1) is 20.8 Å². The average molecular weight is 306 g/mol. The Bertz CT molecular complexity index is 601. The third-order valence-corrected chi connectivity index (χ3v) is 5.12. The molecule has 0 radical (unpaired) electrons. The van der Waals surface area contributed by atoms with E-state index in [1.54, 1.807) is 11.3 Å². The summed E-state index contributed by atoms with van der Waals surface area (Å²) in [6, 6.07) is 0.477. The smallest absolute Gasteiger partial charge is 0.185 e. The normalized spacial score (nSPS) is 20.2. The molecule has 0 saturated carbocycles. The van der Waals surface area contributed by atoms with E-state index in [-0.39, 0.29) is 0 Å². The lowest BCUT2D eigenvalue weighted by atomic mass is 10.1. The highest BCUT2D eigenvalue weighted by Crippen LogP contribution is 2.25. The topological polar surface area (TPSA) is 45.4 Å². The van der Waals surface area contributed by atoms with Gasteiger partial charge in [0, 0.05) is 43.2 Å². The van der Waals surface area contributed by atoms with Crippen molar-refractivity contribution in [3.63, 3.8) is 0 Å². The molecular formula is C15H22N4OS. The van der Waals surface area contributed by atoms with E-state index in [0.29, 0.717) is 6.04 Å². The molecule has 1 aliphatic heterocycles. The van der Waals surface area contributed by atoms with Crippen LogP contribution in [0.15, 0.2) is 9.90 Å². The number of aromatic nitrogens is 2. The molecule has 1 aliphatic rings. The lowest BCUT2D eigenvalue weighted by molar-refractivity contribution is 0.219. The Kier molecular flexibility index (Phi) is 3.99. The van der Waals surface area contributed by atoms with Gasteiger partial charge in [-0.25, -0.2) is 4.98 Å². The molecule has 1 fully saturated rings. The quantitative estimate of drug-likeness (QED) is 0.872. The van der Waals surface area contributed by atoms with Crippen LogP contribution in [0.1, 0.15) is 29.6 Å². The summed E-state index contributed by atoms with van der Waals surface area (Å²) in [7, 11) is 0. The molecule has 2 aromatic heterocycles. The monoisotopic (exact) mass is 306 g/mol. The highest BCUT2D eigenvalue weighted by Gasteiger charge is 2.26. The Morgan fingerprint density at radius 1 is 1.33 bits per heavy atom. The molecule has 1 saturated heterocycles. The second-order valence-electron chi connectivity index (χ2n) is 5.85. The minimum absolute atomic E-state index is 0.477. The molecule has 0 aliphatic carbocycles. The predicted octanol–water partition coefficient (Wildman–Crippen LogP) is 2.77. The first kappa shape index (κ1) is 14.5. The van der Waals surface area contributed by atoms with Crippen molar-refractivity contribution < 1.29 is 4.52 Å². The number of aryl methyl sites for hydroxylation is 3. The number of rotatable bonds is 3. The van der Waals surface area contributed by atoms with Gasteiger partial charge in [-0.3, -0.25) is 4.90 Å². The van der Waals surface area contributed by atoms with Gasteiger partial charge in [0.1, 0.15) is 5.76 Å². The highest BCUT2D eigenvalue weighted by molar-refractivity contribution is 7.13. The molecule has 3 rings (SSSR count). The maximum absolute atomic E-state index is 5.26. The standard InChI is InChI=1S/C15H22N4OS/c1-10-9-21-15(16-10)19-6-5-18(7-11(19)2)8-14-12(3)17-20-13(14)4/h9,11H,5-8H2,1-4H3/t11-/m0/s1. The Labute approximate surface area is 129 Å². The van der Waals surface area contributed by atoms with Gasteiger partial charge in [-0.1, -0.05) is 5.16 Å². The molecule has 0 unspecified atom stereocenters. The molecule has 6 heteroatoms. The SMILES string of the molecule is Cc1csc(N2CCN(Cc3c(C)noc3C)C[C@@H]2C)n1.